The Morgan fingerprint density at radius 2 is 1.95 bits per heavy atom. The molecule has 1 atom stereocenters. The molecule has 0 spiro atoms. The molecular formula is C16H28N2S. The first-order chi connectivity index (χ1) is 9.08. The molecule has 1 aliphatic carbocycles. The summed E-state index contributed by atoms with van der Waals surface area (Å²) in [5, 5.41) is 5.13. The average molecular weight is 280 g/mol. The topological polar surface area (TPSA) is 24.9 Å². The molecule has 0 aliphatic heterocycles. The maximum Gasteiger partial charge on any atom is 0.113 e. The summed E-state index contributed by atoms with van der Waals surface area (Å²) in [6, 6.07) is 0. The molecule has 1 N–H and O–H groups in total. The quantitative estimate of drug-likeness (QED) is 0.855. The Bertz CT molecular complexity index is 387. The van der Waals surface area contributed by atoms with Crippen molar-refractivity contribution in [2.75, 3.05) is 6.54 Å². The largest absolute Gasteiger partial charge is 0.305 e. The fourth-order valence-corrected chi connectivity index (χ4v) is 4.27. The van der Waals surface area contributed by atoms with Gasteiger partial charge in [-0.2, -0.15) is 0 Å². The first-order valence-corrected chi connectivity index (χ1v) is 8.59. The Morgan fingerprint density at radius 3 is 2.47 bits per heavy atom. The number of nitrogens with zero attached hydrogens (tertiary/aromatic N) is 1. The van der Waals surface area contributed by atoms with Gasteiger partial charge in [-0.15, -0.1) is 11.3 Å². The number of aromatic nitrogens is 1. The molecule has 0 bridgehead atoms. The van der Waals surface area contributed by atoms with Crippen molar-refractivity contribution in [3.63, 3.8) is 0 Å². The van der Waals surface area contributed by atoms with Gasteiger partial charge in [-0.25, -0.2) is 4.98 Å². The van der Waals surface area contributed by atoms with E-state index in [-0.39, 0.29) is 5.54 Å². The molecule has 0 radical (unpaired) electrons. The van der Waals surface area contributed by atoms with E-state index in [0.29, 0.717) is 0 Å². The summed E-state index contributed by atoms with van der Waals surface area (Å²) in [6.45, 7) is 10.0. The van der Waals surface area contributed by atoms with Gasteiger partial charge in [0.2, 0.25) is 0 Å². The SMILES string of the molecule is CCCNC(C)(c1nc(C)c(C)s1)C1CCCCC1. The van der Waals surface area contributed by atoms with Crippen molar-refractivity contribution in [3.8, 4) is 0 Å². The van der Waals surface area contributed by atoms with Gasteiger partial charge in [0, 0.05) is 4.88 Å². The summed E-state index contributed by atoms with van der Waals surface area (Å²) >= 11 is 1.89. The minimum atomic E-state index is 0.0834. The predicted octanol–water partition coefficient (Wildman–Crippen LogP) is 4.56. The minimum absolute atomic E-state index is 0.0834. The van der Waals surface area contributed by atoms with Crippen LogP contribution in [0.5, 0.6) is 0 Å². The van der Waals surface area contributed by atoms with Crippen LogP contribution in [0.15, 0.2) is 0 Å². The fraction of sp³-hybridized carbons (Fsp3) is 0.812. The molecule has 0 saturated heterocycles. The van der Waals surface area contributed by atoms with Crippen molar-refractivity contribution in [1.82, 2.24) is 10.3 Å². The van der Waals surface area contributed by atoms with Crippen LogP contribution in [0.4, 0.5) is 0 Å². The van der Waals surface area contributed by atoms with E-state index in [2.05, 4.69) is 33.0 Å². The Balaban J connectivity index is 2.26. The van der Waals surface area contributed by atoms with Crippen molar-refractivity contribution in [3.05, 3.63) is 15.6 Å². The molecule has 2 nitrogen and oxygen atoms in total. The highest BCUT2D eigenvalue weighted by Crippen LogP contribution is 2.41. The second-order valence-corrected chi connectivity index (χ2v) is 7.33. The van der Waals surface area contributed by atoms with Gasteiger partial charge in [-0.1, -0.05) is 26.2 Å². The maximum absolute atomic E-state index is 4.87. The van der Waals surface area contributed by atoms with E-state index in [1.807, 2.05) is 11.3 Å². The summed E-state index contributed by atoms with van der Waals surface area (Å²) in [7, 11) is 0. The number of nitrogens with one attached hydrogen (secondary N) is 1. The van der Waals surface area contributed by atoms with Crippen molar-refractivity contribution in [2.24, 2.45) is 5.92 Å². The summed E-state index contributed by atoms with van der Waals surface area (Å²) in [5.74, 6) is 0.748. The predicted molar refractivity (Wildman–Crippen MR) is 83.8 cm³/mol. The van der Waals surface area contributed by atoms with Crippen LogP contribution in [0.2, 0.25) is 0 Å². The minimum Gasteiger partial charge on any atom is -0.305 e. The zero-order valence-corrected chi connectivity index (χ0v) is 13.7. The standard InChI is InChI=1S/C16H28N2S/c1-5-11-17-16(4,14-9-7-6-8-10-14)15-18-12(2)13(3)19-15/h14,17H,5-11H2,1-4H3. The summed E-state index contributed by atoms with van der Waals surface area (Å²) in [6.07, 6.45) is 8.08. The van der Waals surface area contributed by atoms with E-state index in [9.17, 15) is 0 Å². The Kier molecular flexibility index (Phi) is 5.02. The summed E-state index contributed by atoms with van der Waals surface area (Å²) in [5.41, 5.74) is 1.29. The van der Waals surface area contributed by atoms with Crippen LogP contribution in [0.3, 0.4) is 0 Å². The van der Waals surface area contributed by atoms with E-state index in [0.717, 1.165) is 12.5 Å². The Labute approximate surface area is 122 Å². The molecule has 1 aromatic heterocycles. The molecule has 1 heterocycles. The van der Waals surface area contributed by atoms with Crippen LogP contribution in [-0.2, 0) is 5.54 Å². The monoisotopic (exact) mass is 280 g/mol. The molecule has 0 aromatic carbocycles. The smallest absolute Gasteiger partial charge is 0.113 e. The molecule has 1 fully saturated rings. The molecular weight excluding hydrogens is 252 g/mol. The van der Waals surface area contributed by atoms with E-state index >= 15 is 0 Å². The van der Waals surface area contributed by atoms with Gasteiger partial charge in [0.05, 0.1) is 11.2 Å². The summed E-state index contributed by atoms with van der Waals surface area (Å²) in [4.78, 5) is 6.24. The second-order valence-electron chi connectivity index (χ2n) is 6.12. The first kappa shape index (κ1) is 15.0. The first-order valence-electron chi connectivity index (χ1n) is 7.77. The highest BCUT2D eigenvalue weighted by Gasteiger charge is 2.38. The molecule has 1 saturated carbocycles. The molecule has 2 rings (SSSR count). The normalized spacial score (nSPS) is 20.4. The number of thiazole rings is 1. The number of hydrogen-bond donors (Lipinski definition) is 1. The highest BCUT2D eigenvalue weighted by atomic mass is 32.1. The zero-order valence-electron chi connectivity index (χ0n) is 12.9. The molecule has 1 unspecified atom stereocenters. The number of aryl methyl sites for hydroxylation is 2. The van der Waals surface area contributed by atoms with Crippen LogP contribution in [0.1, 0.15) is 68.0 Å². The van der Waals surface area contributed by atoms with Crippen molar-refractivity contribution in [2.45, 2.75) is 71.8 Å². The lowest BCUT2D eigenvalue weighted by Crippen LogP contribution is -2.47. The Hall–Kier alpha value is -0.410. The lowest BCUT2D eigenvalue weighted by Gasteiger charge is -2.39. The van der Waals surface area contributed by atoms with Crippen molar-refractivity contribution >= 4 is 11.3 Å². The number of hydrogen-bond acceptors (Lipinski definition) is 3. The van der Waals surface area contributed by atoms with Crippen molar-refractivity contribution in [1.29, 1.82) is 0 Å². The molecule has 1 aromatic rings. The van der Waals surface area contributed by atoms with E-state index in [1.54, 1.807) is 0 Å². The third kappa shape index (κ3) is 3.19. The van der Waals surface area contributed by atoms with E-state index < -0.39 is 0 Å². The fourth-order valence-electron chi connectivity index (χ4n) is 3.15. The van der Waals surface area contributed by atoms with Crippen LogP contribution < -0.4 is 5.32 Å². The molecule has 1 aliphatic rings. The lowest BCUT2D eigenvalue weighted by molar-refractivity contribution is 0.177. The van der Waals surface area contributed by atoms with Crippen molar-refractivity contribution < 1.29 is 0 Å². The van der Waals surface area contributed by atoms with Gasteiger partial charge in [0.1, 0.15) is 5.01 Å². The highest BCUT2D eigenvalue weighted by molar-refractivity contribution is 7.11. The lowest BCUT2D eigenvalue weighted by atomic mass is 9.76. The van der Waals surface area contributed by atoms with Crippen LogP contribution in [0.25, 0.3) is 0 Å². The average Bonchev–Trinajstić information content (AvgIpc) is 2.77. The summed E-state index contributed by atoms with van der Waals surface area (Å²) < 4.78 is 0. The maximum atomic E-state index is 4.87. The molecule has 19 heavy (non-hydrogen) atoms. The number of rotatable bonds is 5. The molecule has 0 amide bonds. The van der Waals surface area contributed by atoms with Gasteiger partial charge in [0.15, 0.2) is 0 Å². The van der Waals surface area contributed by atoms with Gasteiger partial charge >= 0.3 is 0 Å². The van der Waals surface area contributed by atoms with Gasteiger partial charge in [0.25, 0.3) is 0 Å². The van der Waals surface area contributed by atoms with Gasteiger partial charge < -0.3 is 5.32 Å². The zero-order chi connectivity index (χ0) is 13.9. The Morgan fingerprint density at radius 1 is 1.26 bits per heavy atom. The third-order valence-electron chi connectivity index (χ3n) is 4.64. The van der Waals surface area contributed by atoms with E-state index in [4.69, 9.17) is 4.98 Å². The second kappa shape index (κ2) is 6.36. The molecule has 108 valence electrons. The van der Waals surface area contributed by atoms with E-state index in [1.165, 1.54) is 54.1 Å². The van der Waals surface area contributed by atoms with Crippen LogP contribution >= 0.6 is 11.3 Å². The molecule has 3 heteroatoms. The van der Waals surface area contributed by atoms with Gasteiger partial charge in [-0.05, 0) is 52.5 Å². The van der Waals surface area contributed by atoms with Gasteiger partial charge in [-0.3, -0.25) is 0 Å². The van der Waals surface area contributed by atoms with Crippen LogP contribution in [-0.4, -0.2) is 11.5 Å². The third-order valence-corrected chi connectivity index (χ3v) is 5.95. The van der Waals surface area contributed by atoms with Crippen LogP contribution in [0, 0.1) is 19.8 Å².